The van der Waals surface area contributed by atoms with Gasteiger partial charge in [0.15, 0.2) is 0 Å². The minimum absolute atomic E-state index is 0.150. The predicted molar refractivity (Wildman–Crippen MR) is 91.9 cm³/mol. The molecule has 0 saturated heterocycles. The lowest BCUT2D eigenvalue weighted by Crippen LogP contribution is -2.31. The highest BCUT2D eigenvalue weighted by Crippen LogP contribution is 2.34. The number of nitro groups is 1. The molecule has 3 heterocycles. The van der Waals surface area contributed by atoms with Crippen molar-refractivity contribution in [2.24, 2.45) is 0 Å². The van der Waals surface area contributed by atoms with Crippen molar-refractivity contribution in [3.05, 3.63) is 62.0 Å². The Labute approximate surface area is 144 Å². The normalized spacial score (nSPS) is 18.5. The lowest BCUT2D eigenvalue weighted by atomic mass is 9.97. The van der Waals surface area contributed by atoms with E-state index in [1.165, 1.54) is 16.5 Å². The second-order valence-electron chi connectivity index (χ2n) is 5.83. The van der Waals surface area contributed by atoms with Crippen molar-refractivity contribution < 1.29 is 14.4 Å². The minimum atomic E-state index is -0.511. The van der Waals surface area contributed by atoms with E-state index in [2.05, 4.69) is 22.4 Å². The van der Waals surface area contributed by atoms with E-state index in [1.807, 2.05) is 6.07 Å². The number of nitrogens with zero attached hydrogens (tertiary/aromatic N) is 2. The van der Waals surface area contributed by atoms with Gasteiger partial charge in [-0.2, -0.15) is 0 Å². The first kappa shape index (κ1) is 16.9. The third-order valence-corrected chi connectivity index (χ3v) is 5.13. The van der Waals surface area contributed by atoms with Gasteiger partial charge in [0.2, 0.25) is 0 Å². The van der Waals surface area contributed by atoms with Crippen molar-refractivity contribution in [2.75, 3.05) is 13.2 Å². The Hall–Kier alpha value is -1.96. The molecule has 2 aromatic rings. The van der Waals surface area contributed by atoms with E-state index in [-0.39, 0.29) is 18.5 Å². The first-order valence-corrected chi connectivity index (χ1v) is 8.86. The molecule has 3 rings (SSSR count). The third-order valence-electron chi connectivity index (χ3n) is 4.18. The highest BCUT2D eigenvalue weighted by atomic mass is 32.1. The van der Waals surface area contributed by atoms with Crippen molar-refractivity contribution in [1.82, 2.24) is 4.90 Å². The van der Waals surface area contributed by atoms with E-state index < -0.39 is 4.92 Å². The molecule has 0 spiro atoms. The maximum atomic E-state index is 10.8. The van der Waals surface area contributed by atoms with Crippen LogP contribution in [-0.4, -0.2) is 28.1 Å². The minimum Gasteiger partial charge on any atom is -0.404 e. The number of aliphatic hydroxyl groups excluding tert-OH is 1. The summed E-state index contributed by atoms with van der Waals surface area (Å²) in [5, 5.41) is 21.9. The smallest absolute Gasteiger partial charge is 0.404 e. The van der Waals surface area contributed by atoms with Gasteiger partial charge in [-0.25, -0.2) is 0 Å². The molecule has 128 valence electrons. The molecule has 1 unspecified atom stereocenters. The summed E-state index contributed by atoms with van der Waals surface area (Å²) in [5.41, 5.74) is 1.36. The maximum Gasteiger partial charge on any atom is 0.433 e. The molecule has 0 amide bonds. The van der Waals surface area contributed by atoms with Gasteiger partial charge in [-0.05, 0) is 36.8 Å². The highest BCUT2D eigenvalue weighted by molar-refractivity contribution is 7.10. The van der Waals surface area contributed by atoms with Crippen molar-refractivity contribution in [3.63, 3.8) is 0 Å². The molecule has 1 aliphatic heterocycles. The van der Waals surface area contributed by atoms with Crippen molar-refractivity contribution in [2.45, 2.75) is 31.8 Å². The molecule has 1 aliphatic rings. The Morgan fingerprint density at radius 2 is 2.29 bits per heavy atom. The van der Waals surface area contributed by atoms with E-state index >= 15 is 0 Å². The number of thiophene rings is 1. The summed E-state index contributed by atoms with van der Waals surface area (Å²) in [5.74, 6) is 0.393. The molecule has 0 aliphatic carbocycles. The Kier molecular flexibility index (Phi) is 5.44. The van der Waals surface area contributed by atoms with Crippen LogP contribution in [-0.2, 0) is 6.54 Å². The maximum absolute atomic E-state index is 10.8. The zero-order chi connectivity index (χ0) is 16.9. The Morgan fingerprint density at radius 1 is 1.42 bits per heavy atom. The molecule has 0 radical (unpaired) electrons. The van der Waals surface area contributed by atoms with Gasteiger partial charge in [-0.1, -0.05) is 17.7 Å². The predicted octanol–water partition coefficient (Wildman–Crippen LogP) is 3.90. The van der Waals surface area contributed by atoms with Gasteiger partial charge in [-0.15, -0.1) is 11.3 Å². The number of hydrogen-bond donors (Lipinski definition) is 1. The average Bonchev–Trinajstić information content (AvgIpc) is 3.25. The van der Waals surface area contributed by atoms with E-state index in [4.69, 9.17) is 9.52 Å². The molecular weight excluding hydrogens is 328 g/mol. The third kappa shape index (κ3) is 3.92. The summed E-state index contributed by atoms with van der Waals surface area (Å²) in [6, 6.07) is 7.37. The van der Waals surface area contributed by atoms with Gasteiger partial charge in [0, 0.05) is 18.0 Å². The number of hydrogen-bond acceptors (Lipinski definition) is 6. The van der Waals surface area contributed by atoms with Crippen LogP contribution in [0.5, 0.6) is 0 Å². The summed E-state index contributed by atoms with van der Waals surface area (Å²) in [6.45, 7) is 1.62. The van der Waals surface area contributed by atoms with Crippen LogP contribution >= 0.6 is 11.3 Å². The van der Waals surface area contributed by atoms with Crippen LogP contribution in [0.2, 0.25) is 0 Å². The van der Waals surface area contributed by atoms with Crippen LogP contribution in [0.4, 0.5) is 5.88 Å². The summed E-state index contributed by atoms with van der Waals surface area (Å²) in [4.78, 5) is 13.8. The van der Waals surface area contributed by atoms with Gasteiger partial charge in [0.25, 0.3) is 0 Å². The van der Waals surface area contributed by atoms with E-state index in [9.17, 15) is 10.1 Å². The lowest BCUT2D eigenvalue weighted by Gasteiger charge is -2.33. The van der Waals surface area contributed by atoms with Gasteiger partial charge in [0.1, 0.15) is 10.7 Å². The van der Waals surface area contributed by atoms with Gasteiger partial charge < -0.3 is 9.52 Å². The Morgan fingerprint density at radius 3 is 2.96 bits per heavy atom. The topological polar surface area (TPSA) is 79.8 Å². The zero-order valence-electron chi connectivity index (χ0n) is 13.3. The SMILES string of the molecule is O=[N+]([O-])c1ccc(CN2CCC(CCCO)=CC2c2cccs2)o1. The summed E-state index contributed by atoms with van der Waals surface area (Å²) in [7, 11) is 0. The molecule has 0 fully saturated rings. The van der Waals surface area contributed by atoms with Crippen LogP contribution in [0.15, 0.2) is 45.7 Å². The van der Waals surface area contributed by atoms with Gasteiger partial charge in [0.05, 0.1) is 18.7 Å². The molecule has 0 aromatic carbocycles. The molecule has 6 nitrogen and oxygen atoms in total. The first-order chi connectivity index (χ1) is 11.7. The van der Waals surface area contributed by atoms with Crippen LogP contribution in [0, 0.1) is 10.1 Å². The quantitative estimate of drug-likeness (QED) is 0.466. The van der Waals surface area contributed by atoms with E-state index in [1.54, 1.807) is 17.4 Å². The molecule has 0 bridgehead atoms. The van der Waals surface area contributed by atoms with Gasteiger partial charge in [-0.3, -0.25) is 15.0 Å². The second kappa shape index (κ2) is 7.74. The van der Waals surface area contributed by atoms with Crippen molar-refractivity contribution in [3.8, 4) is 0 Å². The summed E-state index contributed by atoms with van der Waals surface area (Å²) < 4.78 is 5.31. The fourth-order valence-electron chi connectivity index (χ4n) is 3.00. The summed E-state index contributed by atoms with van der Waals surface area (Å²) in [6.07, 6.45) is 4.92. The molecule has 2 aromatic heterocycles. The molecule has 7 heteroatoms. The monoisotopic (exact) mass is 348 g/mol. The lowest BCUT2D eigenvalue weighted by molar-refractivity contribution is -0.402. The number of furan rings is 1. The van der Waals surface area contributed by atoms with Crippen LogP contribution in [0.3, 0.4) is 0 Å². The fraction of sp³-hybridized carbons (Fsp3) is 0.412. The van der Waals surface area contributed by atoms with Crippen LogP contribution < -0.4 is 0 Å². The Bertz CT molecular complexity index is 708. The molecule has 1 N–H and O–H groups in total. The number of aliphatic hydroxyl groups is 1. The van der Waals surface area contributed by atoms with E-state index in [0.717, 1.165) is 25.8 Å². The van der Waals surface area contributed by atoms with Gasteiger partial charge >= 0.3 is 5.88 Å². The molecular formula is C17H20N2O4S. The van der Waals surface area contributed by atoms with E-state index in [0.29, 0.717) is 12.3 Å². The average molecular weight is 348 g/mol. The highest BCUT2D eigenvalue weighted by Gasteiger charge is 2.25. The fourth-order valence-corrected chi connectivity index (χ4v) is 3.83. The van der Waals surface area contributed by atoms with Crippen molar-refractivity contribution >= 4 is 17.2 Å². The Balaban J connectivity index is 1.78. The molecule has 1 atom stereocenters. The summed E-state index contributed by atoms with van der Waals surface area (Å²) >= 11 is 1.71. The molecule has 24 heavy (non-hydrogen) atoms. The molecule has 0 saturated carbocycles. The standard InChI is InChI=1S/C17H20N2O4S/c20-9-1-3-13-7-8-18(15(11-13)16-4-2-10-24-16)12-14-5-6-17(23-14)19(21)22/h2,4-6,10-11,15,20H,1,3,7-9,12H2. The first-order valence-electron chi connectivity index (χ1n) is 7.98. The van der Waals surface area contributed by atoms with Crippen LogP contribution in [0.25, 0.3) is 0 Å². The van der Waals surface area contributed by atoms with Crippen LogP contribution in [0.1, 0.15) is 35.9 Å². The second-order valence-corrected chi connectivity index (χ2v) is 6.81. The number of rotatable bonds is 7. The zero-order valence-corrected chi connectivity index (χ0v) is 14.1. The van der Waals surface area contributed by atoms with Crippen molar-refractivity contribution in [1.29, 1.82) is 0 Å². The largest absolute Gasteiger partial charge is 0.433 e.